The molecule has 0 aliphatic heterocycles. The van der Waals surface area contributed by atoms with Crippen molar-refractivity contribution >= 4 is 33.3 Å². The van der Waals surface area contributed by atoms with E-state index in [1.54, 1.807) is 36.4 Å². The van der Waals surface area contributed by atoms with Crippen molar-refractivity contribution in [2.24, 2.45) is 0 Å². The Balaban J connectivity index is 2.12. The van der Waals surface area contributed by atoms with Gasteiger partial charge in [0.1, 0.15) is 0 Å². The highest BCUT2D eigenvalue weighted by Gasteiger charge is 2.14. The van der Waals surface area contributed by atoms with Gasteiger partial charge in [-0.3, -0.25) is 9.52 Å². The van der Waals surface area contributed by atoms with E-state index in [2.05, 4.69) is 4.72 Å². The van der Waals surface area contributed by atoms with Crippen LogP contribution in [0.3, 0.4) is 0 Å². The van der Waals surface area contributed by atoms with Gasteiger partial charge in [-0.15, -0.1) is 0 Å². The number of carboxylic acid groups (broad SMARTS) is 1. The van der Waals surface area contributed by atoms with Crippen LogP contribution >= 0.6 is 11.6 Å². The van der Waals surface area contributed by atoms with Crippen LogP contribution in [0, 0.1) is 0 Å². The van der Waals surface area contributed by atoms with Gasteiger partial charge in [0.2, 0.25) is 0 Å². The van der Waals surface area contributed by atoms with Crippen LogP contribution in [0.2, 0.25) is 5.02 Å². The van der Waals surface area contributed by atoms with Crippen LogP contribution in [0.15, 0.2) is 53.4 Å². The first-order valence-electron chi connectivity index (χ1n) is 6.46. The summed E-state index contributed by atoms with van der Waals surface area (Å²) < 4.78 is 26.9. The van der Waals surface area contributed by atoms with Crippen molar-refractivity contribution < 1.29 is 18.3 Å². The first-order chi connectivity index (χ1) is 10.4. The average Bonchev–Trinajstić information content (AvgIpc) is 2.48. The summed E-state index contributed by atoms with van der Waals surface area (Å²) in [6, 6.07) is 12.5. The van der Waals surface area contributed by atoms with Crippen molar-refractivity contribution in [3.63, 3.8) is 0 Å². The zero-order valence-electron chi connectivity index (χ0n) is 11.5. The third kappa shape index (κ3) is 4.47. The predicted molar refractivity (Wildman–Crippen MR) is 84.7 cm³/mol. The van der Waals surface area contributed by atoms with E-state index in [1.165, 1.54) is 12.1 Å². The Bertz CT molecular complexity index is 755. The lowest BCUT2D eigenvalue weighted by Gasteiger charge is -2.08. The van der Waals surface area contributed by atoms with Crippen LogP contribution in [-0.4, -0.2) is 19.5 Å². The van der Waals surface area contributed by atoms with Gasteiger partial charge >= 0.3 is 5.97 Å². The lowest BCUT2D eigenvalue weighted by atomic mass is 10.1. The number of nitrogens with one attached hydrogen (secondary N) is 1. The summed E-state index contributed by atoms with van der Waals surface area (Å²) in [5.41, 5.74) is 1.19. The summed E-state index contributed by atoms with van der Waals surface area (Å²) >= 11 is 5.75. The largest absolute Gasteiger partial charge is 0.481 e. The normalized spacial score (nSPS) is 11.1. The Kier molecular flexibility index (Phi) is 5.05. The van der Waals surface area contributed by atoms with Crippen molar-refractivity contribution in [1.29, 1.82) is 0 Å². The SMILES string of the molecule is O=C(O)CCc1ccc(S(=O)(=O)Nc2ccc(Cl)cc2)cc1. The summed E-state index contributed by atoms with van der Waals surface area (Å²) in [5, 5.41) is 9.15. The number of halogens is 1. The van der Waals surface area contributed by atoms with Crippen molar-refractivity contribution in [3.05, 3.63) is 59.1 Å². The number of sulfonamides is 1. The van der Waals surface area contributed by atoms with E-state index in [9.17, 15) is 13.2 Å². The van der Waals surface area contributed by atoms with Gasteiger partial charge in [-0.2, -0.15) is 0 Å². The maximum Gasteiger partial charge on any atom is 0.303 e. The molecule has 0 atom stereocenters. The third-order valence-electron chi connectivity index (χ3n) is 2.96. The smallest absolute Gasteiger partial charge is 0.303 e. The van der Waals surface area contributed by atoms with Crippen molar-refractivity contribution in [3.8, 4) is 0 Å². The van der Waals surface area contributed by atoms with Gasteiger partial charge in [-0.05, 0) is 48.4 Å². The van der Waals surface area contributed by atoms with E-state index in [0.29, 0.717) is 17.1 Å². The van der Waals surface area contributed by atoms with E-state index in [-0.39, 0.29) is 11.3 Å². The van der Waals surface area contributed by atoms with Gasteiger partial charge in [-0.1, -0.05) is 23.7 Å². The molecule has 0 unspecified atom stereocenters. The summed E-state index contributed by atoms with van der Waals surface area (Å²) in [4.78, 5) is 10.6. The lowest BCUT2D eigenvalue weighted by Crippen LogP contribution is -2.12. The molecule has 0 fully saturated rings. The van der Waals surface area contributed by atoms with E-state index in [1.807, 2.05) is 0 Å². The fourth-order valence-electron chi connectivity index (χ4n) is 1.82. The molecule has 7 heteroatoms. The zero-order valence-corrected chi connectivity index (χ0v) is 13.1. The molecule has 0 bridgehead atoms. The standard InChI is InChI=1S/C15H14ClNO4S/c16-12-4-6-13(7-5-12)17-22(20,21)14-8-1-11(2-9-14)3-10-15(18)19/h1-2,4-9,17H,3,10H2,(H,18,19). The third-order valence-corrected chi connectivity index (χ3v) is 4.61. The Hall–Kier alpha value is -2.05. The van der Waals surface area contributed by atoms with Crippen LogP contribution in [0.5, 0.6) is 0 Å². The molecule has 0 saturated carbocycles. The Morgan fingerprint density at radius 1 is 1.05 bits per heavy atom. The van der Waals surface area contributed by atoms with Crippen LogP contribution < -0.4 is 4.72 Å². The van der Waals surface area contributed by atoms with Crippen LogP contribution in [0.4, 0.5) is 5.69 Å². The molecular weight excluding hydrogens is 326 g/mol. The van der Waals surface area contributed by atoms with Gasteiger partial charge in [0.15, 0.2) is 0 Å². The van der Waals surface area contributed by atoms with Crippen LogP contribution in [0.25, 0.3) is 0 Å². The number of rotatable bonds is 6. The second-order valence-electron chi connectivity index (χ2n) is 4.65. The second kappa shape index (κ2) is 6.81. The van der Waals surface area contributed by atoms with Crippen molar-refractivity contribution in [1.82, 2.24) is 0 Å². The molecule has 0 heterocycles. The van der Waals surface area contributed by atoms with E-state index in [0.717, 1.165) is 5.56 Å². The van der Waals surface area contributed by atoms with Gasteiger partial charge in [-0.25, -0.2) is 8.42 Å². The molecule has 0 amide bonds. The number of benzene rings is 2. The number of carbonyl (C=O) groups is 1. The summed E-state index contributed by atoms with van der Waals surface area (Å²) in [7, 11) is -3.68. The highest BCUT2D eigenvalue weighted by atomic mass is 35.5. The van der Waals surface area contributed by atoms with Crippen LogP contribution in [0.1, 0.15) is 12.0 Å². The minimum atomic E-state index is -3.68. The van der Waals surface area contributed by atoms with Gasteiger partial charge in [0, 0.05) is 17.1 Å². The number of hydrogen-bond acceptors (Lipinski definition) is 3. The molecule has 2 rings (SSSR count). The fraction of sp³-hybridized carbons (Fsp3) is 0.133. The average molecular weight is 340 g/mol. The maximum absolute atomic E-state index is 12.2. The molecule has 0 aliphatic rings. The molecule has 0 spiro atoms. The fourth-order valence-corrected chi connectivity index (χ4v) is 3.00. The maximum atomic E-state index is 12.2. The topological polar surface area (TPSA) is 83.5 Å². The van der Waals surface area contributed by atoms with E-state index in [4.69, 9.17) is 16.7 Å². The molecule has 2 aromatic carbocycles. The van der Waals surface area contributed by atoms with E-state index >= 15 is 0 Å². The zero-order chi connectivity index (χ0) is 16.2. The number of carboxylic acids is 1. The molecule has 0 aliphatic carbocycles. The second-order valence-corrected chi connectivity index (χ2v) is 6.77. The summed E-state index contributed by atoms with van der Waals surface area (Å²) in [6.07, 6.45) is 0.370. The van der Waals surface area contributed by atoms with E-state index < -0.39 is 16.0 Å². The highest BCUT2D eigenvalue weighted by Crippen LogP contribution is 2.19. The number of aryl methyl sites for hydroxylation is 1. The molecular formula is C15H14ClNO4S. The summed E-state index contributed by atoms with van der Waals surface area (Å²) in [5.74, 6) is -0.888. The molecule has 0 aromatic heterocycles. The number of aliphatic carboxylic acids is 1. The first kappa shape index (κ1) is 16.3. The molecule has 2 N–H and O–H groups in total. The minimum absolute atomic E-state index is 0.00905. The Morgan fingerprint density at radius 3 is 2.18 bits per heavy atom. The first-order valence-corrected chi connectivity index (χ1v) is 8.32. The lowest BCUT2D eigenvalue weighted by molar-refractivity contribution is -0.136. The van der Waals surface area contributed by atoms with Gasteiger partial charge < -0.3 is 5.11 Å². The van der Waals surface area contributed by atoms with Gasteiger partial charge in [0.05, 0.1) is 4.90 Å². The van der Waals surface area contributed by atoms with Crippen molar-refractivity contribution in [2.45, 2.75) is 17.7 Å². The monoisotopic (exact) mass is 339 g/mol. The minimum Gasteiger partial charge on any atom is -0.481 e. The summed E-state index contributed by atoms with van der Waals surface area (Å²) in [6.45, 7) is 0. The van der Waals surface area contributed by atoms with Crippen LogP contribution in [-0.2, 0) is 21.2 Å². The molecule has 5 nitrogen and oxygen atoms in total. The Labute approximate surface area is 133 Å². The quantitative estimate of drug-likeness (QED) is 0.846. The molecule has 2 aromatic rings. The molecule has 116 valence electrons. The number of hydrogen-bond donors (Lipinski definition) is 2. The van der Waals surface area contributed by atoms with Crippen molar-refractivity contribution in [2.75, 3.05) is 4.72 Å². The highest BCUT2D eigenvalue weighted by molar-refractivity contribution is 7.92. The molecule has 22 heavy (non-hydrogen) atoms. The molecule has 0 saturated heterocycles. The Morgan fingerprint density at radius 2 is 1.64 bits per heavy atom. The predicted octanol–water partition coefficient (Wildman–Crippen LogP) is 3.16. The number of anilines is 1. The molecule has 0 radical (unpaired) electrons. The van der Waals surface area contributed by atoms with Gasteiger partial charge in [0.25, 0.3) is 10.0 Å².